The minimum Gasteiger partial charge on any atom is -0.379 e. The fourth-order valence-corrected chi connectivity index (χ4v) is 2.46. The maximum Gasteiger partial charge on any atom is 0.294 e. The molecule has 1 unspecified atom stereocenters. The van der Waals surface area contributed by atoms with Crippen LogP contribution in [0.5, 0.6) is 0 Å². The second-order valence-corrected chi connectivity index (χ2v) is 5.20. The zero-order valence-electron chi connectivity index (χ0n) is 12.2. The number of carbonyl (C=O) groups is 1. The molecule has 0 radical (unpaired) electrons. The molecule has 20 heavy (non-hydrogen) atoms. The fourth-order valence-electron chi connectivity index (χ4n) is 2.46. The van der Waals surface area contributed by atoms with Crippen molar-refractivity contribution < 1.29 is 24.2 Å². The van der Waals surface area contributed by atoms with E-state index < -0.39 is 17.3 Å². The van der Waals surface area contributed by atoms with E-state index in [1.54, 1.807) is 0 Å². The van der Waals surface area contributed by atoms with Crippen molar-refractivity contribution in [3.05, 3.63) is 10.1 Å². The molecule has 1 aliphatic rings. The van der Waals surface area contributed by atoms with Gasteiger partial charge in [-0.25, -0.2) is 0 Å². The van der Waals surface area contributed by atoms with Gasteiger partial charge in [0.15, 0.2) is 0 Å². The van der Waals surface area contributed by atoms with Gasteiger partial charge in [-0.15, -0.1) is 10.1 Å². The van der Waals surface area contributed by atoms with Crippen LogP contribution in [0.15, 0.2) is 0 Å². The standard InChI is InChI=1S/C13H23NO6/c1-4-18-5-6-19-11-7-10(13(15)9(2)3)8-12(11)20-14(16)17/h9-12H,4-8H2,1-3H3/t10?,11-,12-/m1/s1. The van der Waals surface area contributed by atoms with E-state index in [2.05, 4.69) is 4.84 Å². The Morgan fingerprint density at radius 2 is 1.95 bits per heavy atom. The lowest BCUT2D eigenvalue weighted by atomic mass is 9.94. The molecule has 0 bridgehead atoms. The molecule has 0 aliphatic heterocycles. The largest absolute Gasteiger partial charge is 0.379 e. The average molecular weight is 289 g/mol. The van der Waals surface area contributed by atoms with E-state index in [1.165, 1.54) is 0 Å². The van der Waals surface area contributed by atoms with Gasteiger partial charge in [-0.2, -0.15) is 0 Å². The first-order valence-corrected chi connectivity index (χ1v) is 6.99. The monoisotopic (exact) mass is 289 g/mol. The Kier molecular flexibility index (Phi) is 6.87. The van der Waals surface area contributed by atoms with Crippen LogP contribution in [0.25, 0.3) is 0 Å². The van der Waals surface area contributed by atoms with E-state index >= 15 is 0 Å². The van der Waals surface area contributed by atoms with Gasteiger partial charge in [0.05, 0.1) is 19.3 Å². The topological polar surface area (TPSA) is 87.9 Å². The summed E-state index contributed by atoms with van der Waals surface area (Å²) in [5.74, 6) is -0.201. The van der Waals surface area contributed by atoms with Crippen LogP contribution in [0.3, 0.4) is 0 Å². The van der Waals surface area contributed by atoms with Gasteiger partial charge in [0.1, 0.15) is 11.9 Å². The third kappa shape index (κ3) is 5.05. The Morgan fingerprint density at radius 1 is 1.30 bits per heavy atom. The number of Topliss-reactive ketones (excluding diaryl/α,β-unsaturated/α-hetero) is 1. The molecule has 1 aliphatic carbocycles. The minimum absolute atomic E-state index is 0.0848. The molecule has 7 heteroatoms. The number of carbonyl (C=O) groups excluding carboxylic acids is 1. The molecule has 1 rings (SSSR count). The van der Waals surface area contributed by atoms with Gasteiger partial charge in [0.2, 0.25) is 0 Å². The number of hydrogen-bond donors (Lipinski definition) is 0. The summed E-state index contributed by atoms with van der Waals surface area (Å²) in [7, 11) is 0. The first kappa shape index (κ1) is 16.8. The van der Waals surface area contributed by atoms with E-state index in [4.69, 9.17) is 9.47 Å². The summed E-state index contributed by atoms with van der Waals surface area (Å²) >= 11 is 0. The van der Waals surface area contributed by atoms with Gasteiger partial charge < -0.3 is 14.3 Å². The van der Waals surface area contributed by atoms with Gasteiger partial charge in [-0.05, 0) is 19.8 Å². The quantitative estimate of drug-likeness (QED) is 0.364. The molecule has 0 aromatic rings. The lowest BCUT2D eigenvalue weighted by Crippen LogP contribution is -2.29. The Labute approximate surface area is 118 Å². The zero-order chi connectivity index (χ0) is 15.1. The van der Waals surface area contributed by atoms with Gasteiger partial charge in [0, 0.05) is 18.4 Å². The van der Waals surface area contributed by atoms with Crippen LogP contribution in [-0.4, -0.2) is 42.9 Å². The predicted octanol–water partition coefficient (Wildman–Crippen LogP) is 1.62. The van der Waals surface area contributed by atoms with Crippen LogP contribution in [0.1, 0.15) is 33.6 Å². The molecule has 0 saturated heterocycles. The number of rotatable bonds is 9. The number of nitrogens with zero attached hydrogens (tertiary/aromatic N) is 1. The number of ether oxygens (including phenoxy) is 2. The molecule has 116 valence electrons. The molecular weight excluding hydrogens is 266 g/mol. The van der Waals surface area contributed by atoms with Gasteiger partial charge in [-0.3, -0.25) is 4.79 Å². The van der Waals surface area contributed by atoms with Crippen molar-refractivity contribution >= 4 is 5.78 Å². The first-order chi connectivity index (χ1) is 9.45. The highest BCUT2D eigenvalue weighted by Gasteiger charge is 2.41. The van der Waals surface area contributed by atoms with Gasteiger partial charge in [-0.1, -0.05) is 13.8 Å². The van der Waals surface area contributed by atoms with Crippen LogP contribution in [-0.2, 0) is 19.1 Å². The van der Waals surface area contributed by atoms with Crippen LogP contribution >= 0.6 is 0 Å². The molecule has 3 atom stereocenters. The van der Waals surface area contributed by atoms with Crippen molar-refractivity contribution in [2.24, 2.45) is 11.8 Å². The summed E-state index contributed by atoms with van der Waals surface area (Å²) in [6.45, 7) is 6.91. The van der Waals surface area contributed by atoms with Crippen molar-refractivity contribution in [1.29, 1.82) is 0 Å². The Hall–Kier alpha value is -1.21. The molecule has 1 fully saturated rings. The normalized spacial score (nSPS) is 25.9. The lowest BCUT2D eigenvalue weighted by molar-refractivity contribution is -0.770. The summed E-state index contributed by atoms with van der Waals surface area (Å²) in [6, 6.07) is 0. The number of hydrogen-bond acceptors (Lipinski definition) is 6. The highest BCUT2D eigenvalue weighted by Crippen LogP contribution is 2.32. The van der Waals surface area contributed by atoms with Crippen LogP contribution in [0.4, 0.5) is 0 Å². The zero-order valence-corrected chi connectivity index (χ0v) is 12.2. The highest BCUT2D eigenvalue weighted by molar-refractivity contribution is 5.83. The van der Waals surface area contributed by atoms with E-state index in [9.17, 15) is 14.9 Å². The van der Waals surface area contributed by atoms with Crippen molar-refractivity contribution in [1.82, 2.24) is 0 Å². The van der Waals surface area contributed by atoms with E-state index in [-0.39, 0.29) is 17.6 Å². The summed E-state index contributed by atoms with van der Waals surface area (Å²) < 4.78 is 10.7. The van der Waals surface area contributed by atoms with Crippen LogP contribution < -0.4 is 0 Å². The summed E-state index contributed by atoms with van der Waals surface area (Å²) in [4.78, 5) is 27.1. The maximum atomic E-state index is 12.0. The maximum absolute atomic E-state index is 12.0. The Bertz CT molecular complexity index is 333. The Balaban J connectivity index is 2.54. The van der Waals surface area contributed by atoms with E-state index in [0.29, 0.717) is 32.7 Å². The molecule has 1 saturated carbocycles. The minimum atomic E-state index is -0.814. The Morgan fingerprint density at radius 3 is 2.50 bits per heavy atom. The third-order valence-electron chi connectivity index (χ3n) is 3.40. The summed E-state index contributed by atoms with van der Waals surface area (Å²) in [5, 5.41) is 9.69. The SMILES string of the molecule is CCOCCO[C@@H]1CC(C(=O)C(C)C)C[C@H]1O[N+](=O)[O-]. The van der Waals surface area contributed by atoms with Crippen LogP contribution in [0.2, 0.25) is 0 Å². The molecule has 0 aromatic heterocycles. The smallest absolute Gasteiger partial charge is 0.294 e. The molecule has 0 N–H and O–H groups in total. The van der Waals surface area contributed by atoms with E-state index in [1.807, 2.05) is 20.8 Å². The lowest BCUT2D eigenvalue weighted by Gasteiger charge is -2.17. The van der Waals surface area contributed by atoms with Crippen LogP contribution in [0, 0.1) is 22.0 Å². The molecule has 0 aromatic carbocycles. The number of ketones is 1. The molecule has 0 spiro atoms. The predicted molar refractivity (Wildman–Crippen MR) is 70.7 cm³/mol. The van der Waals surface area contributed by atoms with E-state index in [0.717, 1.165) is 0 Å². The van der Waals surface area contributed by atoms with Gasteiger partial charge >= 0.3 is 0 Å². The average Bonchev–Trinajstić information content (AvgIpc) is 2.76. The van der Waals surface area contributed by atoms with Crippen molar-refractivity contribution in [2.45, 2.75) is 45.8 Å². The molecule has 7 nitrogen and oxygen atoms in total. The molecule has 0 heterocycles. The summed E-state index contributed by atoms with van der Waals surface area (Å²) in [6.07, 6.45) is -0.272. The second kappa shape index (κ2) is 8.16. The van der Waals surface area contributed by atoms with Crippen molar-refractivity contribution in [3.63, 3.8) is 0 Å². The van der Waals surface area contributed by atoms with Gasteiger partial charge in [0.25, 0.3) is 5.09 Å². The summed E-state index contributed by atoms with van der Waals surface area (Å²) in [5.41, 5.74) is 0. The van der Waals surface area contributed by atoms with Crippen molar-refractivity contribution in [2.75, 3.05) is 19.8 Å². The molecular formula is C13H23NO6. The fraction of sp³-hybridized carbons (Fsp3) is 0.923. The van der Waals surface area contributed by atoms with Crippen molar-refractivity contribution in [3.8, 4) is 0 Å². The molecule has 0 amide bonds. The first-order valence-electron chi connectivity index (χ1n) is 6.99. The third-order valence-corrected chi connectivity index (χ3v) is 3.40. The second-order valence-electron chi connectivity index (χ2n) is 5.20. The highest BCUT2D eigenvalue weighted by atomic mass is 17.0.